The van der Waals surface area contributed by atoms with Crippen LogP contribution in [0.2, 0.25) is 0 Å². The lowest BCUT2D eigenvalue weighted by atomic mass is 10.2. The molecule has 0 bridgehead atoms. The molecule has 0 aliphatic rings. The maximum absolute atomic E-state index is 5.57. The van der Waals surface area contributed by atoms with Crippen LogP contribution in [-0.4, -0.2) is 19.8 Å². The van der Waals surface area contributed by atoms with Gasteiger partial charge in [-0.25, -0.2) is 0 Å². The van der Waals surface area contributed by atoms with Crippen LogP contribution in [0.5, 0.6) is 11.5 Å². The second-order valence-electron chi connectivity index (χ2n) is 3.81. The van der Waals surface area contributed by atoms with E-state index in [4.69, 9.17) is 9.47 Å². The third-order valence-corrected chi connectivity index (χ3v) is 2.40. The van der Waals surface area contributed by atoms with E-state index >= 15 is 0 Å². The average molecular weight is 237 g/mol. The Bertz CT molecular complexity index is 326. The Hall–Kier alpha value is -1.38. The van der Waals surface area contributed by atoms with Gasteiger partial charge in [-0.05, 0) is 32.4 Å². The van der Waals surface area contributed by atoms with Crippen LogP contribution in [0.25, 0.3) is 0 Å². The van der Waals surface area contributed by atoms with Crippen LogP contribution in [-0.2, 0) is 0 Å². The maximum atomic E-state index is 5.57. The minimum absolute atomic E-state index is 0.651. The van der Waals surface area contributed by atoms with E-state index in [0.717, 1.165) is 23.7 Å². The SMILES string of the molecule is CCCCNc1ccc(OCC)c(OCC)c1. The molecule has 0 heterocycles. The quantitative estimate of drug-likeness (QED) is 0.699. The molecule has 0 spiro atoms. The van der Waals surface area contributed by atoms with Crippen molar-refractivity contribution in [3.8, 4) is 11.5 Å². The van der Waals surface area contributed by atoms with Gasteiger partial charge in [-0.3, -0.25) is 0 Å². The molecule has 0 fully saturated rings. The largest absolute Gasteiger partial charge is 0.490 e. The highest BCUT2D eigenvalue weighted by molar-refractivity contribution is 5.54. The molecule has 96 valence electrons. The van der Waals surface area contributed by atoms with Crippen LogP contribution in [0, 0.1) is 0 Å². The first kappa shape index (κ1) is 13.7. The molecule has 17 heavy (non-hydrogen) atoms. The Labute approximate surface area is 104 Å². The number of benzene rings is 1. The van der Waals surface area contributed by atoms with Crippen molar-refractivity contribution >= 4 is 5.69 Å². The first-order valence-electron chi connectivity index (χ1n) is 6.45. The molecule has 0 saturated carbocycles. The Balaban J connectivity index is 2.70. The molecule has 0 radical (unpaired) electrons. The maximum Gasteiger partial charge on any atom is 0.163 e. The number of anilines is 1. The molecule has 1 N–H and O–H groups in total. The standard InChI is InChI=1S/C14H23NO2/c1-4-7-10-15-12-8-9-13(16-5-2)14(11-12)17-6-3/h8-9,11,15H,4-7,10H2,1-3H3. The van der Waals surface area contributed by atoms with Crippen LogP contribution in [0.4, 0.5) is 5.69 Å². The van der Waals surface area contributed by atoms with E-state index in [2.05, 4.69) is 12.2 Å². The smallest absolute Gasteiger partial charge is 0.163 e. The molecular formula is C14H23NO2. The molecule has 1 aromatic carbocycles. The molecule has 0 aliphatic carbocycles. The molecule has 0 amide bonds. The molecule has 1 aromatic rings. The fourth-order valence-electron chi connectivity index (χ4n) is 1.57. The third-order valence-electron chi connectivity index (χ3n) is 2.40. The predicted molar refractivity (Wildman–Crippen MR) is 72.2 cm³/mol. The summed E-state index contributed by atoms with van der Waals surface area (Å²) in [6.07, 6.45) is 2.37. The van der Waals surface area contributed by atoms with Gasteiger partial charge in [-0.15, -0.1) is 0 Å². The van der Waals surface area contributed by atoms with Crippen molar-refractivity contribution in [2.24, 2.45) is 0 Å². The first-order valence-corrected chi connectivity index (χ1v) is 6.45. The van der Waals surface area contributed by atoms with Crippen molar-refractivity contribution in [1.29, 1.82) is 0 Å². The molecule has 3 nitrogen and oxygen atoms in total. The topological polar surface area (TPSA) is 30.5 Å². The summed E-state index contributed by atoms with van der Waals surface area (Å²) in [6, 6.07) is 6.00. The average Bonchev–Trinajstić information content (AvgIpc) is 2.33. The van der Waals surface area contributed by atoms with Gasteiger partial charge in [0.05, 0.1) is 13.2 Å². The molecular weight excluding hydrogens is 214 g/mol. The zero-order valence-electron chi connectivity index (χ0n) is 11.1. The highest BCUT2D eigenvalue weighted by atomic mass is 16.5. The molecule has 3 heteroatoms. The lowest BCUT2D eigenvalue weighted by Gasteiger charge is -2.13. The molecule has 0 aromatic heterocycles. The summed E-state index contributed by atoms with van der Waals surface area (Å²) in [4.78, 5) is 0. The molecule has 1 rings (SSSR count). The van der Waals surface area contributed by atoms with Gasteiger partial charge in [0.1, 0.15) is 0 Å². The van der Waals surface area contributed by atoms with Crippen molar-refractivity contribution in [1.82, 2.24) is 0 Å². The van der Waals surface area contributed by atoms with E-state index in [1.54, 1.807) is 0 Å². The Morgan fingerprint density at radius 3 is 2.35 bits per heavy atom. The van der Waals surface area contributed by atoms with E-state index in [1.165, 1.54) is 12.8 Å². The van der Waals surface area contributed by atoms with Crippen LogP contribution in [0.15, 0.2) is 18.2 Å². The number of unbranched alkanes of at least 4 members (excludes halogenated alkanes) is 1. The summed E-state index contributed by atoms with van der Waals surface area (Å²) >= 11 is 0. The third kappa shape index (κ3) is 4.55. The second kappa shape index (κ2) is 7.82. The highest BCUT2D eigenvalue weighted by Gasteiger charge is 2.05. The summed E-state index contributed by atoms with van der Waals surface area (Å²) in [7, 11) is 0. The van der Waals surface area contributed by atoms with Crippen LogP contribution >= 0.6 is 0 Å². The van der Waals surface area contributed by atoms with Gasteiger partial charge in [0.15, 0.2) is 11.5 Å². The monoisotopic (exact) mass is 237 g/mol. The lowest BCUT2D eigenvalue weighted by Crippen LogP contribution is -2.03. The van der Waals surface area contributed by atoms with Gasteiger partial charge < -0.3 is 14.8 Å². The van der Waals surface area contributed by atoms with E-state index in [-0.39, 0.29) is 0 Å². The van der Waals surface area contributed by atoms with Gasteiger partial charge in [-0.1, -0.05) is 13.3 Å². The number of rotatable bonds is 8. The summed E-state index contributed by atoms with van der Waals surface area (Å²) < 4.78 is 11.1. The normalized spacial score (nSPS) is 10.1. The van der Waals surface area contributed by atoms with E-state index in [1.807, 2.05) is 32.0 Å². The fourth-order valence-corrected chi connectivity index (χ4v) is 1.57. The molecule has 0 atom stereocenters. The van der Waals surface area contributed by atoms with E-state index in [0.29, 0.717) is 13.2 Å². The van der Waals surface area contributed by atoms with E-state index in [9.17, 15) is 0 Å². The number of hydrogen-bond donors (Lipinski definition) is 1. The highest BCUT2D eigenvalue weighted by Crippen LogP contribution is 2.30. The van der Waals surface area contributed by atoms with Crippen molar-refractivity contribution in [2.45, 2.75) is 33.6 Å². The van der Waals surface area contributed by atoms with Gasteiger partial charge in [0.25, 0.3) is 0 Å². The Morgan fingerprint density at radius 2 is 1.71 bits per heavy atom. The minimum atomic E-state index is 0.651. The van der Waals surface area contributed by atoms with Crippen molar-refractivity contribution < 1.29 is 9.47 Å². The van der Waals surface area contributed by atoms with Crippen molar-refractivity contribution in [3.63, 3.8) is 0 Å². The summed E-state index contributed by atoms with van der Waals surface area (Å²) in [5.41, 5.74) is 1.09. The van der Waals surface area contributed by atoms with Gasteiger partial charge >= 0.3 is 0 Å². The van der Waals surface area contributed by atoms with Crippen molar-refractivity contribution in [3.05, 3.63) is 18.2 Å². The fraction of sp³-hybridized carbons (Fsp3) is 0.571. The summed E-state index contributed by atoms with van der Waals surface area (Å²) in [5, 5.41) is 3.38. The second-order valence-corrected chi connectivity index (χ2v) is 3.81. The zero-order valence-corrected chi connectivity index (χ0v) is 11.1. The summed E-state index contributed by atoms with van der Waals surface area (Å²) in [6.45, 7) is 8.44. The van der Waals surface area contributed by atoms with Crippen LogP contribution < -0.4 is 14.8 Å². The summed E-state index contributed by atoms with van der Waals surface area (Å²) in [5.74, 6) is 1.63. The Morgan fingerprint density at radius 1 is 1.00 bits per heavy atom. The van der Waals surface area contributed by atoms with Gasteiger partial charge in [0.2, 0.25) is 0 Å². The number of ether oxygens (including phenoxy) is 2. The molecule has 0 saturated heterocycles. The van der Waals surface area contributed by atoms with E-state index < -0.39 is 0 Å². The Kier molecular flexibility index (Phi) is 6.30. The van der Waals surface area contributed by atoms with Crippen molar-refractivity contribution in [2.75, 3.05) is 25.1 Å². The van der Waals surface area contributed by atoms with Crippen LogP contribution in [0.3, 0.4) is 0 Å². The minimum Gasteiger partial charge on any atom is -0.490 e. The number of hydrogen-bond acceptors (Lipinski definition) is 3. The van der Waals surface area contributed by atoms with Gasteiger partial charge in [0, 0.05) is 18.3 Å². The zero-order chi connectivity index (χ0) is 12.5. The van der Waals surface area contributed by atoms with Gasteiger partial charge in [-0.2, -0.15) is 0 Å². The van der Waals surface area contributed by atoms with Crippen LogP contribution in [0.1, 0.15) is 33.6 Å². The first-order chi connectivity index (χ1) is 8.31. The lowest BCUT2D eigenvalue weighted by molar-refractivity contribution is 0.288. The predicted octanol–water partition coefficient (Wildman–Crippen LogP) is 3.70. The number of nitrogens with one attached hydrogen (secondary N) is 1. The molecule has 0 unspecified atom stereocenters. The molecule has 0 aliphatic heterocycles.